The summed E-state index contributed by atoms with van der Waals surface area (Å²) < 4.78 is 11.9. The van der Waals surface area contributed by atoms with Crippen LogP contribution in [0.15, 0.2) is 23.1 Å². The van der Waals surface area contributed by atoms with Gasteiger partial charge in [0.05, 0.1) is 10.8 Å². The molecule has 0 spiro atoms. The first-order valence-electron chi connectivity index (χ1n) is 4.50. The van der Waals surface area contributed by atoms with Crippen LogP contribution in [-0.2, 0) is 15.6 Å². The molecule has 1 amide bonds. The minimum Gasteiger partial charge on any atom is -0.398 e. The zero-order valence-corrected chi connectivity index (χ0v) is 9.51. The molecule has 0 saturated carbocycles. The lowest BCUT2D eigenvalue weighted by atomic mass is 10.2. The Morgan fingerprint density at radius 2 is 2.07 bits per heavy atom. The summed E-state index contributed by atoms with van der Waals surface area (Å²) >= 11 is 0. The smallest absolute Gasteiger partial charge is 0.233 e. The molecule has 0 aliphatic rings. The highest BCUT2D eigenvalue weighted by Gasteiger charge is 2.20. The number of nitrogens with two attached hydrogens (primary N) is 2. The summed E-state index contributed by atoms with van der Waals surface area (Å²) in [6.45, 7) is 3.32. The number of benzene rings is 1. The molecule has 0 aliphatic heterocycles. The van der Waals surface area contributed by atoms with Crippen molar-refractivity contribution in [3.63, 3.8) is 0 Å². The van der Waals surface area contributed by atoms with E-state index in [0.717, 1.165) is 5.56 Å². The molecule has 1 aromatic rings. The molecule has 4 nitrogen and oxygen atoms in total. The third-order valence-electron chi connectivity index (χ3n) is 2.26. The van der Waals surface area contributed by atoms with Gasteiger partial charge in [-0.25, -0.2) is 0 Å². The Morgan fingerprint density at radius 1 is 1.47 bits per heavy atom. The highest BCUT2D eigenvalue weighted by molar-refractivity contribution is 7.86. The van der Waals surface area contributed by atoms with Crippen LogP contribution < -0.4 is 11.5 Å². The number of hydrogen-bond acceptors (Lipinski definition) is 3. The summed E-state index contributed by atoms with van der Waals surface area (Å²) in [5, 5.41) is -0.703. The minimum atomic E-state index is -1.43. The van der Waals surface area contributed by atoms with Crippen molar-refractivity contribution in [2.75, 3.05) is 5.73 Å². The van der Waals surface area contributed by atoms with Crippen LogP contribution >= 0.6 is 0 Å². The lowest BCUT2D eigenvalue weighted by molar-refractivity contribution is -0.117. The number of anilines is 1. The van der Waals surface area contributed by atoms with E-state index >= 15 is 0 Å². The van der Waals surface area contributed by atoms with Crippen molar-refractivity contribution in [2.24, 2.45) is 5.73 Å². The molecule has 0 heterocycles. The predicted molar refractivity (Wildman–Crippen MR) is 60.7 cm³/mol. The summed E-state index contributed by atoms with van der Waals surface area (Å²) in [5.74, 6) is -0.574. The summed E-state index contributed by atoms with van der Waals surface area (Å²) in [4.78, 5) is 11.5. The number of hydrogen-bond donors (Lipinski definition) is 2. The van der Waals surface area contributed by atoms with Crippen LogP contribution in [0, 0.1) is 6.92 Å². The molecule has 0 fully saturated rings. The van der Waals surface area contributed by atoms with E-state index in [0.29, 0.717) is 10.6 Å². The molecule has 1 aromatic carbocycles. The molecule has 15 heavy (non-hydrogen) atoms. The first kappa shape index (κ1) is 11.7. The second-order valence-corrected chi connectivity index (χ2v) is 5.05. The van der Waals surface area contributed by atoms with Gasteiger partial charge in [0.15, 0.2) is 0 Å². The second kappa shape index (κ2) is 4.44. The molecule has 0 aliphatic carbocycles. The fourth-order valence-corrected chi connectivity index (χ4v) is 2.37. The maximum atomic E-state index is 11.9. The summed E-state index contributed by atoms with van der Waals surface area (Å²) in [6.07, 6.45) is 0. The van der Waals surface area contributed by atoms with Crippen LogP contribution in [0.3, 0.4) is 0 Å². The van der Waals surface area contributed by atoms with Crippen LogP contribution in [-0.4, -0.2) is 15.4 Å². The van der Waals surface area contributed by atoms with Crippen molar-refractivity contribution >= 4 is 22.4 Å². The van der Waals surface area contributed by atoms with Crippen molar-refractivity contribution in [3.8, 4) is 0 Å². The summed E-state index contributed by atoms with van der Waals surface area (Å²) in [5.41, 5.74) is 12.1. The summed E-state index contributed by atoms with van der Waals surface area (Å²) in [7, 11) is -1.43. The predicted octanol–water partition coefficient (Wildman–Crippen LogP) is 0.559. The Labute approximate surface area is 91.1 Å². The third-order valence-corrected chi connectivity index (χ3v) is 4.01. The molecule has 82 valence electrons. The van der Waals surface area contributed by atoms with Gasteiger partial charge in [-0.2, -0.15) is 0 Å². The number of amides is 1. The quantitative estimate of drug-likeness (QED) is 0.738. The zero-order valence-electron chi connectivity index (χ0n) is 8.69. The van der Waals surface area contributed by atoms with Gasteiger partial charge in [-0.05, 0) is 31.5 Å². The lowest BCUT2D eigenvalue weighted by Crippen LogP contribution is -2.29. The third kappa shape index (κ3) is 2.36. The van der Waals surface area contributed by atoms with Gasteiger partial charge in [-0.15, -0.1) is 0 Å². The lowest BCUT2D eigenvalue weighted by Gasteiger charge is -2.11. The van der Waals surface area contributed by atoms with E-state index < -0.39 is 22.0 Å². The van der Waals surface area contributed by atoms with Gasteiger partial charge in [0.1, 0.15) is 5.25 Å². The Balaban J connectivity index is 3.12. The van der Waals surface area contributed by atoms with Crippen molar-refractivity contribution in [1.29, 1.82) is 0 Å². The van der Waals surface area contributed by atoms with E-state index in [-0.39, 0.29) is 0 Å². The van der Waals surface area contributed by atoms with Crippen LogP contribution in [0.1, 0.15) is 12.5 Å². The van der Waals surface area contributed by atoms with Crippen LogP contribution in [0.5, 0.6) is 0 Å². The zero-order chi connectivity index (χ0) is 11.6. The van der Waals surface area contributed by atoms with Crippen molar-refractivity contribution in [2.45, 2.75) is 24.0 Å². The Bertz CT molecular complexity index is 418. The van der Waals surface area contributed by atoms with Gasteiger partial charge in [0.25, 0.3) is 0 Å². The number of rotatable bonds is 3. The monoisotopic (exact) mass is 226 g/mol. The van der Waals surface area contributed by atoms with Gasteiger partial charge in [0.2, 0.25) is 5.91 Å². The van der Waals surface area contributed by atoms with Crippen molar-refractivity contribution in [3.05, 3.63) is 23.8 Å². The normalized spacial score (nSPS) is 14.5. The van der Waals surface area contributed by atoms with Gasteiger partial charge in [-0.1, -0.05) is 6.07 Å². The number of nitrogen functional groups attached to an aromatic ring is 1. The van der Waals surface area contributed by atoms with E-state index in [1.54, 1.807) is 32.0 Å². The average Bonchev–Trinajstić information content (AvgIpc) is 2.20. The topological polar surface area (TPSA) is 86.2 Å². The Kier molecular flexibility index (Phi) is 3.47. The molecule has 1 rings (SSSR count). The maximum Gasteiger partial charge on any atom is 0.233 e. The molecule has 2 atom stereocenters. The highest BCUT2D eigenvalue weighted by atomic mass is 32.2. The van der Waals surface area contributed by atoms with Crippen molar-refractivity contribution in [1.82, 2.24) is 0 Å². The SMILES string of the molecule is Cc1c(N)cccc1S(=O)C(C)C(N)=O. The molecular formula is C10H14N2O2S. The number of carbonyl (C=O) groups is 1. The van der Waals surface area contributed by atoms with E-state index in [2.05, 4.69) is 0 Å². The average molecular weight is 226 g/mol. The standard InChI is InChI=1S/C10H14N2O2S/c1-6-8(11)4-3-5-9(6)15(14)7(2)10(12)13/h3-5,7H,11H2,1-2H3,(H2,12,13). The largest absolute Gasteiger partial charge is 0.398 e. The van der Waals surface area contributed by atoms with Gasteiger partial charge in [-0.3, -0.25) is 9.00 Å². The first-order chi connectivity index (χ1) is 6.95. The first-order valence-corrected chi connectivity index (χ1v) is 5.71. The van der Waals surface area contributed by atoms with Gasteiger partial charge >= 0.3 is 0 Å². The molecule has 0 bridgehead atoms. The van der Waals surface area contributed by atoms with Crippen molar-refractivity contribution < 1.29 is 9.00 Å². The molecule has 5 heteroatoms. The Morgan fingerprint density at radius 3 is 2.60 bits per heavy atom. The molecule has 4 N–H and O–H groups in total. The number of primary amides is 1. The van der Waals surface area contributed by atoms with Gasteiger partial charge in [0, 0.05) is 10.6 Å². The Hall–Kier alpha value is -1.36. The summed E-state index contributed by atoms with van der Waals surface area (Å²) in [6, 6.07) is 5.13. The maximum absolute atomic E-state index is 11.9. The van der Waals surface area contributed by atoms with Crippen LogP contribution in [0.4, 0.5) is 5.69 Å². The molecule has 0 saturated heterocycles. The molecular weight excluding hydrogens is 212 g/mol. The highest BCUT2D eigenvalue weighted by Crippen LogP contribution is 2.21. The van der Waals surface area contributed by atoms with E-state index in [1.807, 2.05) is 0 Å². The second-order valence-electron chi connectivity index (χ2n) is 3.31. The fraction of sp³-hybridized carbons (Fsp3) is 0.300. The van der Waals surface area contributed by atoms with E-state index in [4.69, 9.17) is 11.5 Å². The van der Waals surface area contributed by atoms with Crippen LogP contribution in [0.2, 0.25) is 0 Å². The molecule has 2 unspecified atom stereocenters. The fourth-order valence-electron chi connectivity index (χ4n) is 1.15. The number of carbonyl (C=O) groups excluding carboxylic acids is 1. The van der Waals surface area contributed by atoms with Crippen LogP contribution in [0.25, 0.3) is 0 Å². The van der Waals surface area contributed by atoms with Gasteiger partial charge < -0.3 is 11.5 Å². The minimum absolute atomic E-state index is 0.567. The molecule has 0 aromatic heterocycles. The molecule has 0 radical (unpaired) electrons. The van der Waals surface area contributed by atoms with E-state index in [9.17, 15) is 9.00 Å². The van der Waals surface area contributed by atoms with E-state index in [1.165, 1.54) is 0 Å².